The van der Waals surface area contributed by atoms with Crippen molar-refractivity contribution in [3.63, 3.8) is 0 Å². The number of benzene rings is 1. The predicted molar refractivity (Wildman–Crippen MR) is 101 cm³/mol. The van der Waals surface area contributed by atoms with E-state index in [1.807, 2.05) is 30.3 Å². The predicted octanol–water partition coefficient (Wildman–Crippen LogP) is 0.636. The van der Waals surface area contributed by atoms with Crippen LogP contribution < -0.4 is 21.7 Å². The number of amides is 2. The summed E-state index contributed by atoms with van der Waals surface area (Å²) in [5.41, 5.74) is 12.4. The van der Waals surface area contributed by atoms with Crippen LogP contribution in [0.4, 0.5) is 0 Å². The van der Waals surface area contributed by atoms with Crippen LogP contribution in [0.25, 0.3) is 5.82 Å². The Balaban J connectivity index is 1.29. The molecular weight excluding hydrogens is 358 g/mol. The summed E-state index contributed by atoms with van der Waals surface area (Å²) < 4.78 is 1.73. The van der Waals surface area contributed by atoms with E-state index in [0.717, 1.165) is 5.56 Å². The topological polar surface area (TPSA) is 113 Å². The van der Waals surface area contributed by atoms with Gasteiger partial charge in [0.25, 0.3) is 11.8 Å². The lowest BCUT2D eigenvalue weighted by molar-refractivity contribution is -0.123. The zero-order valence-electron chi connectivity index (χ0n) is 14.9. The van der Waals surface area contributed by atoms with Gasteiger partial charge in [-0.2, -0.15) is 0 Å². The number of aromatic nitrogens is 3. The fourth-order valence-electron chi connectivity index (χ4n) is 2.98. The number of nitrogens with zero attached hydrogens (tertiary/aromatic N) is 3. The minimum atomic E-state index is -0.452. The molecule has 2 unspecified atom stereocenters. The molecule has 9 nitrogen and oxygen atoms in total. The molecule has 0 spiro atoms. The number of hydrazine groups is 2. The monoisotopic (exact) mass is 377 g/mol. The summed E-state index contributed by atoms with van der Waals surface area (Å²) in [5.74, 6) is -0.114. The van der Waals surface area contributed by atoms with E-state index in [-0.39, 0.29) is 11.9 Å². The van der Waals surface area contributed by atoms with Gasteiger partial charge in [-0.1, -0.05) is 30.3 Å². The maximum atomic E-state index is 12.3. The fraction of sp³-hybridized carbons (Fsp3) is 0.158. The first-order chi connectivity index (χ1) is 13.7. The molecular formula is C19H19N7O2. The van der Waals surface area contributed by atoms with Gasteiger partial charge in [-0.05, 0) is 24.1 Å². The van der Waals surface area contributed by atoms with Crippen molar-refractivity contribution in [2.45, 2.75) is 18.5 Å². The van der Waals surface area contributed by atoms with Gasteiger partial charge in [0.05, 0.1) is 5.56 Å². The van der Waals surface area contributed by atoms with E-state index in [0.29, 0.717) is 17.8 Å². The van der Waals surface area contributed by atoms with Gasteiger partial charge < -0.3 is 0 Å². The molecule has 2 amide bonds. The molecule has 3 aromatic rings. The van der Waals surface area contributed by atoms with E-state index in [9.17, 15) is 9.59 Å². The zero-order valence-corrected chi connectivity index (χ0v) is 14.9. The van der Waals surface area contributed by atoms with Crippen LogP contribution >= 0.6 is 0 Å². The standard InChI is InChI=1S/C19H19N7O2/c27-18(14-6-7-17(21-11-14)26-9-8-20-12-26)24-25-19(28)16-10-15(22-23-16)13-4-2-1-3-5-13/h1-9,11-12,15-16,22-23H,10H2,(H,24,27)(H,25,28). The van der Waals surface area contributed by atoms with Crippen molar-refractivity contribution in [2.24, 2.45) is 0 Å². The summed E-state index contributed by atoms with van der Waals surface area (Å²) in [4.78, 5) is 32.7. The van der Waals surface area contributed by atoms with E-state index >= 15 is 0 Å². The van der Waals surface area contributed by atoms with Gasteiger partial charge in [0, 0.05) is 24.6 Å². The molecule has 4 rings (SSSR count). The largest absolute Gasteiger partial charge is 0.291 e. The average molecular weight is 377 g/mol. The molecule has 0 bridgehead atoms. The van der Waals surface area contributed by atoms with Gasteiger partial charge in [-0.25, -0.2) is 20.8 Å². The Kier molecular flexibility index (Phi) is 5.09. The van der Waals surface area contributed by atoms with E-state index in [1.165, 1.54) is 6.20 Å². The van der Waals surface area contributed by atoms with E-state index in [4.69, 9.17) is 0 Å². The molecule has 2 atom stereocenters. The molecule has 1 aliphatic heterocycles. The Morgan fingerprint density at radius 1 is 1.07 bits per heavy atom. The number of hydrogen-bond acceptors (Lipinski definition) is 6. The molecule has 9 heteroatoms. The zero-order chi connectivity index (χ0) is 19.3. The van der Waals surface area contributed by atoms with E-state index < -0.39 is 11.9 Å². The van der Waals surface area contributed by atoms with Crippen molar-refractivity contribution < 1.29 is 9.59 Å². The molecule has 0 radical (unpaired) electrons. The summed E-state index contributed by atoms with van der Waals surface area (Å²) in [6.45, 7) is 0. The Morgan fingerprint density at radius 3 is 2.64 bits per heavy atom. The number of hydrogen-bond donors (Lipinski definition) is 4. The summed E-state index contributed by atoms with van der Waals surface area (Å²) in [6, 6.07) is 12.8. The summed E-state index contributed by atoms with van der Waals surface area (Å²) in [7, 11) is 0. The van der Waals surface area contributed by atoms with Gasteiger partial charge in [0.1, 0.15) is 18.2 Å². The third-order valence-electron chi connectivity index (χ3n) is 4.50. The fourth-order valence-corrected chi connectivity index (χ4v) is 2.98. The first kappa shape index (κ1) is 17.8. The first-order valence-electron chi connectivity index (χ1n) is 8.81. The quantitative estimate of drug-likeness (QED) is 0.496. The van der Waals surface area contributed by atoms with Gasteiger partial charge in [-0.3, -0.25) is 25.0 Å². The summed E-state index contributed by atoms with van der Waals surface area (Å²) in [6.07, 6.45) is 7.04. The second kappa shape index (κ2) is 7.99. The molecule has 142 valence electrons. The minimum Gasteiger partial charge on any atom is -0.291 e. The molecule has 2 aromatic heterocycles. The van der Waals surface area contributed by atoms with Crippen LogP contribution in [-0.4, -0.2) is 32.4 Å². The highest BCUT2D eigenvalue weighted by Crippen LogP contribution is 2.21. The average Bonchev–Trinajstić information content (AvgIpc) is 3.45. The highest BCUT2D eigenvalue weighted by Gasteiger charge is 2.30. The number of nitrogens with one attached hydrogen (secondary N) is 4. The molecule has 1 saturated heterocycles. The second-order valence-corrected chi connectivity index (χ2v) is 6.36. The molecule has 4 N–H and O–H groups in total. The lowest BCUT2D eigenvalue weighted by Crippen LogP contribution is -2.50. The Morgan fingerprint density at radius 2 is 1.93 bits per heavy atom. The molecule has 0 saturated carbocycles. The number of imidazole rings is 1. The van der Waals surface area contributed by atoms with Crippen LogP contribution in [0, 0.1) is 0 Å². The number of carbonyl (C=O) groups is 2. The van der Waals surface area contributed by atoms with E-state index in [1.54, 1.807) is 35.4 Å². The molecule has 1 aromatic carbocycles. The molecule has 28 heavy (non-hydrogen) atoms. The molecule has 1 aliphatic rings. The normalized spacial score (nSPS) is 18.6. The number of rotatable bonds is 4. The van der Waals surface area contributed by atoms with Gasteiger partial charge in [0.2, 0.25) is 0 Å². The second-order valence-electron chi connectivity index (χ2n) is 6.36. The van der Waals surface area contributed by atoms with Crippen LogP contribution in [-0.2, 0) is 4.79 Å². The van der Waals surface area contributed by atoms with Crippen molar-refractivity contribution in [1.82, 2.24) is 36.2 Å². The Labute approximate surface area is 161 Å². The highest BCUT2D eigenvalue weighted by molar-refractivity contribution is 5.95. The third kappa shape index (κ3) is 3.90. The van der Waals surface area contributed by atoms with Crippen molar-refractivity contribution in [2.75, 3.05) is 0 Å². The van der Waals surface area contributed by atoms with Gasteiger partial charge >= 0.3 is 0 Å². The van der Waals surface area contributed by atoms with Crippen LogP contribution in [0.15, 0.2) is 67.4 Å². The molecule has 0 aliphatic carbocycles. The Hall–Kier alpha value is -3.56. The SMILES string of the molecule is O=C(NNC(=O)C1CC(c2ccccc2)NN1)c1ccc(-n2ccnc2)nc1. The van der Waals surface area contributed by atoms with Crippen molar-refractivity contribution in [3.05, 3.63) is 78.5 Å². The maximum Gasteiger partial charge on any atom is 0.271 e. The Bertz CT molecular complexity index is 942. The van der Waals surface area contributed by atoms with Gasteiger partial charge in [-0.15, -0.1) is 0 Å². The van der Waals surface area contributed by atoms with Crippen molar-refractivity contribution in [1.29, 1.82) is 0 Å². The summed E-state index contributed by atoms with van der Waals surface area (Å²) in [5, 5.41) is 0. The first-order valence-corrected chi connectivity index (χ1v) is 8.81. The molecule has 1 fully saturated rings. The lowest BCUT2D eigenvalue weighted by atomic mass is 10.0. The van der Waals surface area contributed by atoms with Crippen molar-refractivity contribution >= 4 is 11.8 Å². The minimum absolute atomic E-state index is 0.0348. The number of pyridine rings is 1. The van der Waals surface area contributed by atoms with Crippen LogP contribution in [0.3, 0.4) is 0 Å². The smallest absolute Gasteiger partial charge is 0.271 e. The highest BCUT2D eigenvalue weighted by atomic mass is 16.2. The van der Waals surface area contributed by atoms with Crippen molar-refractivity contribution in [3.8, 4) is 5.82 Å². The van der Waals surface area contributed by atoms with Crippen LogP contribution in [0.1, 0.15) is 28.4 Å². The number of carbonyl (C=O) groups excluding carboxylic acids is 2. The maximum absolute atomic E-state index is 12.3. The summed E-state index contributed by atoms with van der Waals surface area (Å²) >= 11 is 0. The van der Waals surface area contributed by atoms with Crippen LogP contribution in [0.5, 0.6) is 0 Å². The molecule has 3 heterocycles. The third-order valence-corrected chi connectivity index (χ3v) is 4.50. The van der Waals surface area contributed by atoms with Gasteiger partial charge in [0.15, 0.2) is 0 Å². The van der Waals surface area contributed by atoms with E-state index in [2.05, 4.69) is 31.7 Å². The lowest BCUT2D eigenvalue weighted by Gasteiger charge is -2.12. The van der Waals surface area contributed by atoms with Crippen LogP contribution in [0.2, 0.25) is 0 Å².